The number of hydrogen-bond acceptors (Lipinski definition) is 6. The molecule has 25 heavy (non-hydrogen) atoms. The van der Waals surface area contributed by atoms with E-state index in [-0.39, 0.29) is 23.5 Å². The van der Waals surface area contributed by atoms with Crippen LogP contribution in [-0.2, 0) is 16.0 Å². The molecule has 1 saturated heterocycles. The normalized spacial score (nSPS) is 28.8. The fourth-order valence-corrected chi connectivity index (χ4v) is 4.61. The number of hydrogen-bond donors (Lipinski definition) is 2. The number of aliphatic hydroxyl groups excluding tert-OH is 1. The van der Waals surface area contributed by atoms with Crippen LogP contribution < -0.4 is 5.32 Å². The fourth-order valence-electron chi connectivity index (χ4n) is 4.61. The lowest BCUT2D eigenvalue weighted by atomic mass is 9.58. The first-order valence-electron chi connectivity index (χ1n) is 9.55. The van der Waals surface area contributed by atoms with Gasteiger partial charge in [-0.05, 0) is 32.1 Å². The predicted octanol–water partition coefficient (Wildman–Crippen LogP) is 1.71. The Morgan fingerprint density at radius 2 is 2.04 bits per heavy atom. The Hall–Kier alpha value is -1.47. The summed E-state index contributed by atoms with van der Waals surface area (Å²) in [6, 6.07) is 0.0515. The van der Waals surface area contributed by atoms with Crippen molar-refractivity contribution >= 4 is 5.91 Å². The molecule has 1 amide bonds. The monoisotopic (exact) mass is 349 g/mol. The van der Waals surface area contributed by atoms with E-state index < -0.39 is 0 Å². The average Bonchev–Trinajstić information content (AvgIpc) is 3.32. The van der Waals surface area contributed by atoms with Crippen LogP contribution in [0.3, 0.4) is 0 Å². The van der Waals surface area contributed by atoms with Crippen molar-refractivity contribution in [1.82, 2.24) is 15.5 Å². The van der Waals surface area contributed by atoms with E-state index in [0.717, 1.165) is 31.5 Å². The van der Waals surface area contributed by atoms with Crippen LogP contribution in [0.15, 0.2) is 4.52 Å². The average molecular weight is 349 g/mol. The fraction of sp³-hybridized carbons (Fsp3) is 0.833. The molecule has 1 aliphatic heterocycles. The summed E-state index contributed by atoms with van der Waals surface area (Å²) < 4.78 is 10.7. The number of aromatic nitrogens is 2. The predicted molar refractivity (Wildman–Crippen MR) is 88.9 cm³/mol. The van der Waals surface area contributed by atoms with Gasteiger partial charge in [-0.3, -0.25) is 4.79 Å². The van der Waals surface area contributed by atoms with Gasteiger partial charge in [0.05, 0.1) is 6.10 Å². The molecule has 1 aromatic heterocycles. The second kappa shape index (κ2) is 7.03. The van der Waals surface area contributed by atoms with E-state index >= 15 is 0 Å². The van der Waals surface area contributed by atoms with E-state index in [1.807, 2.05) is 0 Å². The second-order valence-electron chi connectivity index (χ2n) is 7.74. The zero-order valence-corrected chi connectivity index (χ0v) is 14.6. The first-order valence-corrected chi connectivity index (χ1v) is 9.55. The topological polar surface area (TPSA) is 97.5 Å². The summed E-state index contributed by atoms with van der Waals surface area (Å²) in [5.41, 5.74) is -0.186. The summed E-state index contributed by atoms with van der Waals surface area (Å²) in [5.74, 6) is 1.77. The van der Waals surface area contributed by atoms with E-state index in [1.165, 1.54) is 12.8 Å². The van der Waals surface area contributed by atoms with Gasteiger partial charge in [-0.25, -0.2) is 0 Å². The van der Waals surface area contributed by atoms with Gasteiger partial charge in [0.25, 0.3) is 0 Å². The first kappa shape index (κ1) is 17.0. The van der Waals surface area contributed by atoms with Crippen molar-refractivity contribution in [3.8, 4) is 0 Å². The van der Waals surface area contributed by atoms with Gasteiger partial charge in [0.2, 0.25) is 11.8 Å². The van der Waals surface area contributed by atoms with Gasteiger partial charge in [0.1, 0.15) is 0 Å². The van der Waals surface area contributed by atoms with Gasteiger partial charge in [0, 0.05) is 43.4 Å². The van der Waals surface area contributed by atoms with Crippen LogP contribution in [0.4, 0.5) is 0 Å². The second-order valence-corrected chi connectivity index (χ2v) is 7.74. The smallest absolute Gasteiger partial charge is 0.227 e. The van der Waals surface area contributed by atoms with E-state index in [2.05, 4.69) is 15.5 Å². The highest BCUT2D eigenvalue weighted by molar-refractivity contribution is 5.76. The molecule has 2 atom stereocenters. The number of carbonyl (C=O) groups excluding carboxylic acids is 1. The number of ether oxygens (including phenoxy) is 1. The van der Waals surface area contributed by atoms with E-state index in [0.29, 0.717) is 44.3 Å². The Labute approximate surface area is 147 Å². The lowest BCUT2D eigenvalue weighted by Crippen LogP contribution is -2.65. The summed E-state index contributed by atoms with van der Waals surface area (Å²) >= 11 is 0. The standard InChI is InChI=1S/C18H27N3O4/c22-14-11-13(18(14)7-9-24-10-8-18)19-15(23)5-6-16-20-17(21-25-16)12-3-1-2-4-12/h12-14,22H,1-11H2,(H,19,23)/t13-,14-/m1/s1. The lowest BCUT2D eigenvalue weighted by molar-refractivity contribution is -0.156. The number of amides is 1. The van der Waals surface area contributed by atoms with Crippen molar-refractivity contribution in [3.05, 3.63) is 11.7 Å². The molecule has 2 saturated carbocycles. The molecule has 2 N–H and O–H groups in total. The maximum atomic E-state index is 12.3. The summed E-state index contributed by atoms with van der Waals surface area (Å²) in [7, 11) is 0. The number of nitrogens with zero attached hydrogens (tertiary/aromatic N) is 2. The van der Waals surface area contributed by atoms with Gasteiger partial charge in [-0.1, -0.05) is 18.0 Å². The molecule has 0 unspecified atom stereocenters. The van der Waals surface area contributed by atoms with Gasteiger partial charge in [-0.15, -0.1) is 0 Å². The van der Waals surface area contributed by atoms with Crippen molar-refractivity contribution in [2.24, 2.45) is 5.41 Å². The molecule has 1 spiro atoms. The minimum absolute atomic E-state index is 0.0108. The van der Waals surface area contributed by atoms with Crippen LogP contribution >= 0.6 is 0 Å². The third-order valence-electron chi connectivity index (χ3n) is 6.35. The van der Waals surface area contributed by atoms with Crippen molar-refractivity contribution in [1.29, 1.82) is 0 Å². The van der Waals surface area contributed by atoms with Crippen LogP contribution in [0.5, 0.6) is 0 Å². The van der Waals surface area contributed by atoms with E-state index in [9.17, 15) is 9.90 Å². The van der Waals surface area contributed by atoms with Crippen LogP contribution in [0, 0.1) is 5.41 Å². The Morgan fingerprint density at radius 1 is 1.28 bits per heavy atom. The molecule has 3 fully saturated rings. The molecule has 7 nitrogen and oxygen atoms in total. The van der Waals surface area contributed by atoms with E-state index in [4.69, 9.17) is 9.26 Å². The number of nitrogens with one attached hydrogen (secondary N) is 1. The molecule has 0 radical (unpaired) electrons. The minimum atomic E-state index is -0.327. The quantitative estimate of drug-likeness (QED) is 0.840. The lowest BCUT2D eigenvalue weighted by Gasteiger charge is -2.55. The van der Waals surface area contributed by atoms with Crippen LogP contribution in [0.2, 0.25) is 0 Å². The van der Waals surface area contributed by atoms with Crippen LogP contribution in [0.25, 0.3) is 0 Å². The molecule has 2 aliphatic carbocycles. The third-order valence-corrected chi connectivity index (χ3v) is 6.35. The molecule has 1 aromatic rings. The number of aryl methyl sites for hydroxylation is 1. The number of aliphatic hydroxyl groups is 1. The molecular formula is C18H27N3O4. The number of carbonyl (C=O) groups is 1. The van der Waals surface area contributed by atoms with Crippen molar-refractivity contribution in [2.75, 3.05) is 13.2 Å². The maximum absolute atomic E-state index is 12.3. The highest BCUT2D eigenvalue weighted by atomic mass is 16.5. The molecular weight excluding hydrogens is 322 g/mol. The molecule has 4 rings (SSSR count). The number of rotatable bonds is 5. The maximum Gasteiger partial charge on any atom is 0.227 e. The van der Waals surface area contributed by atoms with Gasteiger partial charge < -0.3 is 19.7 Å². The van der Waals surface area contributed by atoms with Crippen LogP contribution in [0.1, 0.15) is 69.0 Å². The van der Waals surface area contributed by atoms with Gasteiger partial charge >= 0.3 is 0 Å². The highest BCUT2D eigenvalue weighted by Crippen LogP contribution is 2.48. The Balaban J connectivity index is 1.27. The van der Waals surface area contributed by atoms with Gasteiger partial charge in [0.15, 0.2) is 5.82 Å². The third kappa shape index (κ3) is 3.31. The molecule has 138 valence electrons. The van der Waals surface area contributed by atoms with E-state index in [1.54, 1.807) is 0 Å². The molecule has 2 heterocycles. The Kier molecular flexibility index (Phi) is 4.78. The Morgan fingerprint density at radius 3 is 2.76 bits per heavy atom. The largest absolute Gasteiger partial charge is 0.392 e. The van der Waals surface area contributed by atoms with Crippen molar-refractivity contribution in [2.45, 2.75) is 75.9 Å². The zero-order chi connectivity index (χ0) is 17.3. The summed E-state index contributed by atoms with van der Waals surface area (Å²) in [4.78, 5) is 16.8. The van der Waals surface area contributed by atoms with Crippen LogP contribution in [-0.4, -0.2) is 46.5 Å². The summed E-state index contributed by atoms with van der Waals surface area (Å²) in [5, 5.41) is 17.4. The van der Waals surface area contributed by atoms with Crippen molar-refractivity contribution < 1.29 is 19.2 Å². The molecule has 0 bridgehead atoms. The summed E-state index contributed by atoms with van der Waals surface area (Å²) in [6.45, 7) is 1.32. The van der Waals surface area contributed by atoms with Crippen molar-refractivity contribution in [3.63, 3.8) is 0 Å². The molecule has 3 aliphatic rings. The SMILES string of the molecule is O=C(CCc1nc(C2CCCC2)no1)N[C@@H]1C[C@@H](O)C12CCOCC2. The summed E-state index contributed by atoms with van der Waals surface area (Å²) in [6.07, 6.45) is 7.48. The molecule has 0 aromatic carbocycles. The molecule has 7 heteroatoms. The van der Waals surface area contributed by atoms with Gasteiger partial charge in [-0.2, -0.15) is 4.98 Å². The first-order chi connectivity index (χ1) is 12.2. The Bertz CT molecular complexity index is 605. The highest BCUT2D eigenvalue weighted by Gasteiger charge is 2.55. The minimum Gasteiger partial charge on any atom is -0.392 e. The zero-order valence-electron chi connectivity index (χ0n) is 14.6.